The van der Waals surface area contributed by atoms with Gasteiger partial charge in [0.2, 0.25) is 0 Å². The Kier molecular flexibility index (Phi) is 5.59. The van der Waals surface area contributed by atoms with E-state index in [4.69, 9.17) is 4.74 Å². The van der Waals surface area contributed by atoms with Crippen molar-refractivity contribution in [3.63, 3.8) is 0 Å². The van der Waals surface area contributed by atoms with Crippen molar-refractivity contribution in [3.05, 3.63) is 70.1 Å². The molecule has 0 radical (unpaired) electrons. The molecule has 7 heteroatoms. The second-order valence-electron chi connectivity index (χ2n) is 8.30. The highest BCUT2D eigenvalue weighted by Gasteiger charge is 2.31. The number of hydrogen-bond acceptors (Lipinski definition) is 5. The normalized spacial score (nSPS) is 15.4. The molecule has 0 fully saturated rings. The minimum absolute atomic E-state index is 0.00416. The molecule has 1 amide bonds. The highest BCUT2D eigenvalue weighted by atomic mass is 16.5. The van der Waals surface area contributed by atoms with E-state index in [0.29, 0.717) is 17.3 Å². The van der Waals surface area contributed by atoms with E-state index in [9.17, 15) is 14.4 Å². The quantitative estimate of drug-likeness (QED) is 0.593. The number of anilines is 1. The molecule has 0 aliphatic carbocycles. The molecule has 1 aliphatic heterocycles. The predicted octanol–water partition coefficient (Wildman–Crippen LogP) is 3.19. The Balaban J connectivity index is 1.58. The summed E-state index contributed by atoms with van der Waals surface area (Å²) in [5.74, 6) is -0.832. The van der Waals surface area contributed by atoms with Crippen LogP contribution in [0.5, 0.6) is 0 Å². The van der Waals surface area contributed by atoms with E-state index in [1.165, 1.54) is 4.68 Å². The van der Waals surface area contributed by atoms with Gasteiger partial charge in [-0.05, 0) is 37.0 Å². The van der Waals surface area contributed by atoms with E-state index in [1.54, 1.807) is 29.2 Å². The number of esters is 1. The summed E-state index contributed by atoms with van der Waals surface area (Å²) >= 11 is 0. The molecule has 2 heterocycles. The van der Waals surface area contributed by atoms with E-state index in [1.807, 2.05) is 45.0 Å². The van der Waals surface area contributed by atoms with Crippen molar-refractivity contribution in [2.75, 3.05) is 11.5 Å². The number of fused-ring (bicyclic) bond motifs is 2. The Bertz CT molecular complexity index is 1210. The molecule has 31 heavy (non-hydrogen) atoms. The van der Waals surface area contributed by atoms with Crippen LogP contribution >= 0.6 is 0 Å². The lowest BCUT2D eigenvalue weighted by atomic mass is 10.1. The van der Waals surface area contributed by atoms with Gasteiger partial charge in [0.25, 0.3) is 11.5 Å². The number of rotatable bonds is 5. The first-order chi connectivity index (χ1) is 14.9. The van der Waals surface area contributed by atoms with Gasteiger partial charge in [0.05, 0.1) is 5.39 Å². The highest BCUT2D eigenvalue weighted by Crippen LogP contribution is 2.31. The number of carbonyl (C=O) groups excluding carboxylic acids is 2. The van der Waals surface area contributed by atoms with E-state index < -0.39 is 12.6 Å². The van der Waals surface area contributed by atoms with Crippen molar-refractivity contribution in [1.29, 1.82) is 0 Å². The zero-order valence-corrected chi connectivity index (χ0v) is 17.9. The van der Waals surface area contributed by atoms with Crippen LogP contribution in [0, 0.1) is 5.92 Å². The van der Waals surface area contributed by atoms with Gasteiger partial charge in [0, 0.05) is 23.7 Å². The van der Waals surface area contributed by atoms with Crippen LogP contribution in [0.4, 0.5) is 5.69 Å². The first-order valence-electron chi connectivity index (χ1n) is 10.4. The monoisotopic (exact) mass is 419 g/mol. The summed E-state index contributed by atoms with van der Waals surface area (Å²) in [6.07, 6.45) is 0.766. The number of amides is 1. The molecule has 1 atom stereocenters. The molecule has 4 rings (SSSR count). The van der Waals surface area contributed by atoms with E-state index >= 15 is 0 Å². The fourth-order valence-corrected chi connectivity index (χ4v) is 4.07. The van der Waals surface area contributed by atoms with E-state index in [0.717, 1.165) is 17.7 Å². The SMILES string of the molecule is CC(C)Cn1nc(C(=O)OCC(=O)N2c3ccccc3C[C@H]2C)c2ccccc2c1=O. The first-order valence-corrected chi connectivity index (χ1v) is 10.4. The third-order valence-electron chi connectivity index (χ3n) is 5.40. The maximum Gasteiger partial charge on any atom is 0.359 e. The van der Waals surface area contributed by atoms with Crippen molar-refractivity contribution in [1.82, 2.24) is 9.78 Å². The van der Waals surface area contributed by atoms with Crippen molar-refractivity contribution in [2.45, 2.75) is 39.8 Å². The fraction of sp³-hybridized carbons (Fsp3) is 0.333. The zero-order chi connectivity index (χ0) is 22.1. The van der Waals surface area contributed by atoms with Crippen molar-refractivity contribution < 1.29 is 14.3 Å². The zero-order valence-electron chi connectivity index (χ0n) is 17.9. The third-order valence-corrected chi connectivity index (χ3v) is 5.40. The molecule has 1 aliphatic rings. The molecule has 0 spiro atoms. The summed E-state index contributed by atoms with van der Waals surface area (Å²) < 4.78 is 6.66. The number of ether oxygens (including phenoxy) is 1. The second-order valence-corrected chi connectivity index (χ2v) is 8.30. The van der Waals surface area contributed by atoms with E-state index in [-0.39, 0.29) is 29.1 Å². The van der Waals surface area contributed by atoms with Crippen LogP contribution in [0.15, 0.2) is 53.3 Å². The van der Waals surface area contributed by atoms with Crippen molar-refractivity contribution in [2.24, 2.45) is 5.92 Å². The number of aromatic nitrogens is 2. The summed E-state index contributed by atoms with van der Waals surface area (Å²) in [5, 5.41) is 5.09. The molecule has 7 nitrogen and oxygen atoms in total. The third kappa shape index (κ3) is 3.95. The van der Waals surface area contributed by atoms with Gasteiger partial charge in [0.15, 0.2) is 12.3 Å². The summed E-state index contributed by atoms with van der Waals surface area (Å²) in [6, 6.07) is 14.5. The number of benzene rings is 2. The maximum absolute atomic E-state index is 12.9. The van der Waals surface area contributed by atoms with Gasteiger partial charge in [-0.1, -0.05) is 50.2 Å². The van der Waals surface area contributed by atoms with Gasteiger partial charge in [-0.25, -0.2) is 9.48 Å². The largest absolute Gasteiger partial charge is 0.451 e. The molecule has 0 N–H and O–H groups in total. The number of hydrogen-bond donors (Lipinski definition) is 0. The summed E-state index contributed by atoms with van der Waals surface area (Å²) in [7, 11) is 0. The Hall–Kier alpha value is -3.48. The van der Waals surface area contributed by atoms with Gasteiger partial charge in [-0.3, -0.25) is 9.59 Å². The van der Waals surface area contributed by atoms with Gasteiger partial charge in [-0.2, -0.15) is 5.10 Å². The first kappa shape index (κ1) is 20.8. The Morgan fingerprint density at radius 1 is 1.10 bits per heavy atom. The molecular weight excluding hydrogens is 394 g/mol. The minimum atomic E-state index is -0.720. The average Bonchev–Trinajstić information content (AvgIpc) is 3.09. The van der Waals surface area contributed by atoms with Crippen LogP contribution in [0.2, 0.25) is 0 Å². The van der Waals surface area contributed by atoms with E-state index in [2.05, 4.69) is 5.10 Å². The highest BCUT2D eigenvalue weighted by molar-refractivity contribution is 6.04. The van der Waals surface area contributed by atoms with Crippen LogP contribution < -0.4 is 10.5 Å². The van der Waals surface area contributed by atoms with Crippen molar-refractivity contribution in [3.8, 4) is 0 Å². The Labute approximate surface area is 180 Å². The number of para-hydroxylation sites is 1. The van der Waals surface area contributed by atoms with Crippen LogP contribution in [0.25, 0.3) is 10.8 Å². The molecule has 160 valence electrons. The minimum Gasteiger partial charge on any atom is -0.451 e. The smallest absolute Gasteiger partial charge is 0.359 e. The lowest BCUT2D eigenvalue weighted by Gasteiger charge is -2.22. The van der Waals surface area contributed by atoms with Crippen LogP contribution in [-0.4, -0.2) is 34.3 Å². The molecule has 3 aromatic rings. The summed E-state index contributed by atoms with van der Waals surface area (Å²) in [6.45, 7) is 5.89. The molecule has 0 unspecified atom stereocenters. The lowest BCUT2D eigenvalue weighted by molar-refractivity contribution is -0.122. The number of carbonyl (C=O) groups is 2. The summed E-state index contributed by atoms with van der Waals surface area (Å²) in [4.78, 5) is 40.1. The van der Waals surface area contributed by atoms with Gasteiger partial charge in [0.1, 0.15) is 0 Å². The van der Waals surface area contributed by atoms with Gasteiger partial charge < -0.3 is 9.64 Å². The topological polar surface area (TPSA) is 81.5 Å². The summed E-state index contributed by atoms with van der Waals surface area (Å²) in [5.41, 5.74) is 1.74. The molecule has 2 aromatic carbocycles. The van der Waals surface area contributed by atoms with Crippen LogP contribution in [0.3, 0.4) is 0 Å². The maximum atomic E-state index is 12.9. The molecule has 1 aromatic heterocycles. The molecule has 0 bridgehead atoms. The lowest BCUT2D eigenvalue weighted by Crippen LogP contribution is -2.39. The second kappa shape index (κ2) is 8.34. The molecular formula is C24H25N3O4. The molecule has 0 saturated heterocycles. The van der Waals surface area contributed by atoms with Crippen LogP contribution in [-0.2, 0) is 22.5 Å². The van der Waals surface area contributed by atoms with Crippen LogP contribution in [0.1, 0.15) is 36.8 Å². The Morgan fingerprint density at radius 3 is 2.52 bits per heavy atom. The predicted molar refractivity (Wildman–Crippen MR) is 118 cm³/mol. The van der Waals surface area contributed by atoms with Gasteiger partial charge in [-0.15, -0.1) is 0 Å². The Morgan fingerprint density at radius 2 is 1.77 bits per heavy atom. The fourth-order valence-electron chi connectivity index (χ4n) is 4.07. The van der Waals surface area contributed by atoms with Crippen molar-refractivity contribution >= 4 is 28.3 Å². The number of nitrogens with zero attached hydrogens (tertiary/aromatic N) is 3. The van der Waals surface area contributed by atoms with Gasteiger partial charge >= 0.3 is 5.97 Å². The molecule has 0 saturated carbocycles. The average molecular weight is 419 g/mol. The standard InChI is InChI=1S/C24H25N3O4/c1-15(2)13-26-23(29)19-10-6-5-9-18(19)22(25-26)24(30)31-14-21(28)27-16(3)12-17-8-4-7-11-20(17)27/h4-11,15-16H,12-14H2,1-3H3/t16-/m1/s1.